The van der Waals surface area contributed by atoms with Gasteiger partial charge in [-0.15, -0.1) is 0 Å². The van der Waals surface area contributed by atoms with Gasteiger partial charge in [0.05, 0.1) is 31.0 Å². The molecule has 2 N–H and O–H groups in total. The van der Waals surface area contributed by atoms with Gasteiger partial charge in [-0.25, -0.2) is 0 Å². The maximum absolute atomic E-state index is 6.17. The zero-order chi connectivity index (χ0) is 13.1. The Labute approximate surface area is 114 Å². The Morgan fingerprint density at radius 1 is 1.22 bits per heavy atom. The molecule has 4 nitrogen and oxygen atoms in total. The quantitative estimate of drug-likeness (QED) is 0.942. The van der Waals surface area contributed by atoms with E-state index in [0.29, 0.717) is 17.3 Å². The van der Waals surface area contributed by atoms with Crippen LogP contribution >= 0.6 is 15.9 Å². The molecule has 0 spiro atoms. The first-order chi connectivity index (χ1) is 8.67. The molecule has 0 fully saturated rings. The first-order valence-electron chi connectivity index (χ1n) is 5.37. The van der Waals surface area contributed by atoms with Gasteiger partial charge in [-0.1, -0.05) is 0 Å². The monoisotopic (exact) mass is 311 g/mol. The van der Waals surface area contributed by atoms with Crippen LogP contribution in [0.25, 0.3) is 0 Å². The number of nitrogens with two attached hydrogens (primary N) is 1. The van der Waals surface area contributed by atoms with Gasteiger partial charge in [-0.3, -0.25) is 0 Å². The number of furan rings is 1. The second kappa shape index (κ2) is 5.46. The van der Waals surface area contributed by atoms with Gasteiger partial charge in [0.2, 0.25) is 0 Å². The van der Waals surface area contributed by atoms with E-state index in [9.17, 15) is 0 Å². The standard InChI is InChI=1S/C13H14BrNO3/c1-16-11-7-9(14)12(17-2)6-8(11)13(15)10-4-3-5-18-10/h3-7,13H,15H2,1-2H3. The lowest BCUT2D eigenvalue weighted by Crippen LogP contribution is -2.12. The van der Waals surface area contributed by atoms with Crippen LogP contribution in [0.4, 0.5) is 0 Å². The second-order valence-corrected chi connectivity index (χ2v) is 4.58. The van der Waals surface area contributed by atoms with Gasteiger partial charge in [0.1, 0.15) is 17.3 Å². The summed E-state index contributed by atoms with van der Waals surface area (Å²) >= 11 is 3.41. The number of halogens is 1. The molecule has 0 bridgehead atoms. The molecule has 18 heavy (non-hydrogen) atoms. The van der Waals surface area contributed by atoms with Gasteiger partial charge in [-0.05, 0) is 40.2 Å². The van der Waals surface area contributed by atoms with Gasteiger partial charge < -0.3 is 19.6 Å². The third kappa shape index (κ3) is 2.37. The molecule has 1 atom stereocenters. The average Bonchev–Trinajstić information content (AvgIpc) is 2.91. The van der Waals surface area contributed by atoms with Crippen molar-refractivity contribution in [2.45, 2.75) is 6.04 Å². The Balaban J connectivity index is 2.48. The van der Waals surface area contributed by atoms with Crippen LogP contribution in [-0.2, 0) is 0 Å². The van der Waals surface area contributed by atoms with Crippen molar-refractivity contribution in [2.75, 3.05) is 14.2 Å². The minimum absolute atomic E-state index is 0.392. The van der Waals surface area contributed by atoms with E-state index in [0.717, 1.165) is 10.0 Å². The Bertz CT molecular complexity index is 525. The predicted octanol–water partition coefficient (Wildman–Crippen LogP) is 3.11. The minimum Gasteiger partial charge on any atom is -0.496 e. The van der Waals surface area contributed by atoms with Crippen LogP contribution in [0.3, 0.4) is 0 Å². The number of hydrogen-bond donors (Lipinski definition) is 1. The molecular formula is C13H14BrNO3. The molecule has 2 rings (SSSR count). The summed E-state index contributed by atoms with van der Waals surface area (Å²) < 4.78 is 16.7. The van der Waals surface area contributed by atoms with Crippen LogP contribution in [0.5, 0.6) is 11.5 Å². The van der Waals surface area contributed by atoms with Gasteiger partial charge in [0, 0.05) is 5.56 Å². The maximum Gasteiger partial charge on any atom is 0.133 e. The van der Waals surface area contributed by atoms with Crippen molar-refractivity contribution >= 4 is 15.9 Å². The normalized spacial score (nSPS) is 12.2. The summed E-state index contributed by atoms with van der Waals surface area (Å²) in [6, 6.07) is 6.92. The first-order valence-corrected chi connectivity index (χ1v) is 6.17. The SMILES string of the molecule is COc1cc(C(N)c2ccco2)c(OC)cc1Br. The predicted molar refractivity (Wildman–Crippen MR) is 72.0 cm³/mol. The maximum atomic E-state index is 6.17. The van der Waals surface area contributed by atoms with Crippen molar-refractivity contribution in [1.82, 2.24) is 0 Å². The number of rotatable bonds is 4. The summed E-state index contributed by atoms with van der Waals surface area (Å²) in [5.74, 6) is 2.07. The summed E-state index contributed by atoms with van der Waals surface area (Å²) in [5, 5.41) is 0. The Morgan fingerprint density at radius 2 is 1.94 bits per heavy atom. The van der Waals surface area contributed by atoms with Crippen LogP contribution in [0, 0.1) is 0 Å². The highest BCUT2D eigenvalue weighted by Gasteiger charge is 2.19. The molecular weight excluding hydrogens is 298 g/mol. The summed E-state index contributed by atoms with van der Waals surface area (Å²) in [6.45, 7) is 0. The van der Waals surface area contributed by atoms with E-state index in [1.165, 1.54) is 0 Å². The molecule has 2 aromatic rings. The molecule has 0 saturated carbocycles. The van der Waals surface area contributed by atoms with Gasteiger partial charge in [0.25, 0.3) is 0 Å². The minimum atomic E-state index is -0.392. The fourth-order valence-corrected chi connectivity index (χ4v) is 2.23. The molecule has 5 heteroatoms. The van der Waals surface area contributed by atoms with E-state index in [4.69, 9.17) is 19.6 Å². The van der Waals surface area contributed by atoms with Gasteiger partial charge in [-0.2, -0.15) is 0 Å². The lowest BCUT2D eigenvalue weighted by atomic mass is 10.0. The molecule has 1 heterocycles. The molecule has 1 aromatic heterocycles. The summed E-state index contributed by atoms with van der Waals surface area (Å²) in [5.41, 5.74) is 6.98. The second-order valence-electron chi connectivity index (χ2n) is 3.72. The van der Waals surface area contributed by atoms with Crippen LogP contribution in [0.15, 0.2) is 39.4 Å². The number of ether oxygens (including phenoxy) is 2. The van der Waals surface area contributed by atoms with E-state index in [1.54, 1.807) is 26.5 Å². The zero-order valence-electron chi connectivity index (χ0n) is 10.1. The lowest BCUT2D eigenvalue weighted by Gasteiger charge is -2.16. The van der Waals surface area contributed by atoms with Gasteiger partial charge in [0.15, 0.2) is 0 Å². The van der Waals surface area contributed by atoms with Crippen LogP contribution < -0.4 is 15.2 Å². The van der Waals surface area contributed by atoms with Crippen LogP contribution in [-0.4, -0.2) is 14.2 Å². The summed E-state index contributed by atoms with van der Waals surface area (Å²) in [7, 11) is 3.21. The smallest absolute Gasteiger partial charge is 0.133 e. The van der Waals surface area contributed by atoms with E-state index >= 15 is 0 Å². The van der Waals surface area contributed by atoms with Crippen molar-refractivity contribution in [3.63, 3.8) is 0 Å². The molecule has 0 radical (unpaired) electrons. The molecule has 96 valence electrons. The molecule has 0 amide bonds. The summed E-state index contributed by atoms with van der Waals surface area (Å²) in [4.78, 5) is 0. The van der Waals surface area contributed by atoms with Crippen molar-refractivity contribution < 1.29 is 13.9 Å². The third-order valence-electron chi connectivity index (χ3n) is 2.69. The van der Waals surface area contributed by atoms with Crippen LogP contribution in [0.1, 0.15) is 17.4 Å². The van der Waals surface area contributed by atoms with Crippen molar-refractivity contribution in [3.05, 3.63) is 46.3 Å². The number of benzene rings is 1. The average molecular weight is 312 g/mol. The Hall–Kier alpha value is -1.46. The molecule has 1 unspecified atom stereocenters. The molecule has 0 saturated heterocycles. The zero-order valence-corrected chi connectivity index (χ0v) is 11.7. The summed E-state index contributed by atoms with van der Waals surface area (Å²) in [6.07, 6.45) is 1.59. The third-order valence-corrected chi connectivity index (χ3v) is 3.31. The number of methoxy groups -OCH3 is 2. The fourth-order valence-electron chi connectivity index (χ4n) is 1.75. The van der Waals surface area contributed by atoms with E-state index < -0.39 is 6.04 Å². The Morgan fingerprint density at radius 3 is 2.50 bits per heavy atom. The molecule has 1 aromatic carbocycles. The highest BCUT2D eigenvalue weighted by Crippen LogP contribution is 2.37. The largest absolute Gasteiger partial charge is 0.496 e. The number of hydrogen-bond acceptors (Lipinski definition) is 4. The molecule has 0 aliphatic carbocycles. The Kier molecular flexibility index (Phi) is 3.93. The van der Waals surface area contributed by atoms with E-state index in [1.807, 2.05) is 18.2 Å². The highest BCUT2D eigenvalue weighted by atomic mass is 79.9. The van der Waals surface area contributed by atoms with Crippen LogP contribution in [0.2, 0.25) is 0 Å². The lowest BCUT2D eigenvalue weighted by molar-refractivity contribution is 0.391. The first kappa shape index (κ1) is 13.0. The van der Waals surface area contributed by atoms with Crippen molar-refractivity contribution in [1.29, 1.82) is 0 Å². The molecule has 0 aliphatic heterocycles. The van der Waals surface area contributed by atoms with Crippen molar-refractivity contribution in [3.8, 4) is 11.5 Å². The van der Waals surface area contributed by atoms with Gasteiger partial charge >= 0.3 is 0 Å². The molecule has 0 aliphatic rings. The topological polar surface area (TPSA) is 57.6 Å². The highest BCUT2D eigenvalue weighted by molar-refractivity contribution is 9.10. The van der Waals surface area contributed by atoms with E-state index in [-0.39, 0.29) is 0 Å². The van der Waals surface area contributed by atoms with Crippen molar-refractivity contribution in [2.24, 2.45) is 5.73 Å². The fraction of sp³-hybridized carbons (Fsp3) is 0.231. The van der Waals surface area contributed by atoms with E-state index in [2.05, 4.69) is 15.9 Å².